The molecule has 156 valence electrons. The number of anilines is 1. The number of fused-ring (bicyclic) bond motifs is 1. The van der Waals surface area contributed by atoms with Gasteiger partial charge in [-0.3, -0.25) is 4.79 Å². The molecule has 1 aliphatic rings. The number of hydrogen-bond acceptors (Lipinski definition) is 5. The van der Waals surface area contributed by atoms with Crippen LogP contribution in [0.5, 0.6) is 11.5 Å². The number of aryl methyl sites for hydroxylation is 2. The molecule has 0 spiro atoms. The summed E-state index contributed by atoms with van der Waals surface area (Å²) in [5.41, 5.74) is 2.83. The largest absolute Gasteiger partial charge is 0.490 e. The van der Waals surface area contributed by atoms with Gasteiger partial charge in [-0.1, -0.05) is 12.1 Å². The van der Waals surface area contributed by atoms with Crippen molar-refractivity contribution in [2.24, 2.45) is 0 Å². The number of benzene rings is 2. The van der Waals surface area contributed by atoms with Crippen LogP contribution in [0, 0.1) is 13.8 Å². The van der Waals surface area contributed by atoms with Crippen LogP contribution < -0.4 is 19.5 Å². The Kier molecular flexibility index (Phi) is 6.76. The molecule has 3 rings (SSSR count). The van der Waals surface area contributed by atoms with Crippen LogP contribution in [-0.4, -0.2) is 34.1 Å². The summed E-state index contributed by atoms with van der Waals surface area (Å²) in [6, 6.07) is 10.4. The summed E-state index contributed by atoms with van der Waals surface area (Å²) in [5.74, 6) is 0.830. The Morgan fingerprint density at radius 3 is 2.59 bits per heavy atom. The predicted molar refractivity (Wildman–Crippen MR) is 111 cm³/mol. The van der Waals surface area contributed by atoms with E-state index in [9.17, 15) is 13.2 Å². The third-order valence-electron chi connectivity index (χ3n) is 4.57. The zero-order valence-electron chi connectivity index (χ0n) is 16.7. The van der Waals surface area contributed by atoms with Crippen molar-refractivity contribution in [2.45, 2.75) is 38.0 Å². The number of nitrogens with one attached hydrogen (secondary N) is 2. The second-order valence-corrected chi connectivity index (χ2v) is 8.79. The lowest BCUT2D eigenvalue weighted by atomic mass is 10.1. The molecule has 0 radical (unpaired) electrons. The highest BCUT2D eigenvalue weighted by Crippen LogP contribution is 2.31. The quantitative estimate of drug-likeness (QED) is 0.674. The van der Waals surface area contributed by atoms with Crippen LogP contribution in [0.25, 0.3) is 0 Å². The molecule has 0 unspecified atom stereocenters. The maximum absolute atomic E-state index is 12.5. The summed E-state index contributed by atoms with van der Waals surface area (Å²) in [6.07, 6.45) is 1.36. The fourth-order valence-electron chi connectivity index (χ4n) is 2.93. The van der Waals surface area contributed by atoms with Crippen LogP contribution >= 0.6 is 0 Å². The molecule has 1 aliphatic heterocycles. The van der Waals surface area contributed by atoms with Crippen LogP contribution in [0.1, 0.15) is 30.4 Å². The lowest BCUT2D eigenvalue weighted by Crippen LogP contribution is -2.26. The molecule has 2 aromatic carbocycles. The summed E-state index contributed by atoms with van der Waals surface area (Å²) in [6.45, 7) is 5.08. The smallest absolute Gasteiger partial charge is 0.240 e. The van der Waals surface area contributed by atoms with Crippen molar-refractivity contribution in [2.75, 3.05) is 25.1 Å². The number of carbonyl (C=O) groups excluding carboxylic acids is 1. The Bertz CT molecular complexity index is 989. The fraction of sp³-hybridized carbons (Fsp3) is 0.381. The minimum Gasteiger partial charge on any atom is -0.490 e. The van der Waals surface area contributed by atoms with Gasteiger partial charge in [0.1, 0.15) is 0 Å². The van der Waals surface area contributed by atoms with Crippen LogP contribution in [0.3, 0.4) is 0 Å². The third kappa shape index (κ3) is 5.71. The molecule has 2 N–H and O–H groups in total. The van der Waals surface area contributed by atoms with Gasteiger partial charge < -0.3 is 14.8 Å². The van der Waals surface area contributed by atoms with E-state index in [4.69, 9.17) is 9.47 Å². The second kappa shape index (κ2) is 9.28. The van der Waals surface area contributed by atoms with E-state index in [2.05, 4.69) is 10.0 Å². The van der Waals surface area contributed by atoms with Crippen molar-refractivity contribution >= 4 is 21.6 Å². The molecule has 0 bridgehead atoms. The first-order valence-corrected chi connectivity index (χ1v) is 11.1. The molecule has 0 atom stereocenters. The zero-order chi connectivity index (χ0) is 20.9. The Morgan fingerprint density at radius 1 is 1.03 bits per heavy atom. The molecule has 0 fully saturated rings. The van der Waals surface area contributed by atoms with Crippen LogP contribution in [0.4, 0.5) is 5.69 Å². The molecule has 1 amide bonds. The van der Waals surface area contributed by atoms with Gasteiger partial charge in [0.2, 0.25) is 15.9 Å². The van der Waals surface area contributed by atoms with Crippen molar-refractivity contribution in [3.8, 4) is 11.5 Å². The summed E-state index contributed by atoms with van der Waals surface area (Å²) < 4.78 is 38.6. The van der Waals surface area contributed by atoms with Crippen molar-refractivity contribution < 1.29 is 22.7 Å². The fourth-order valence-corrected chi connectivity index (χ4v) is 4.02. The van der Waals surface area contributed by atoms with E-state index < -0.39 is 10.0 Å². The number of hydrogen-bond donors (Lipinski definition) is 2. The number of rotatable bonds is 7. The van der Waals surface area contributed by atoms with Crippen molar-refractivity contribution in [3.05, 3.63) is 47.5 Å². The zero-order valence-corrected chi connectivity index (χ0v) is 17.5. The minimum atomic E-state index is -3.69. The Labute approximate surface area is 171 Å². The van der Waals surface area contributed by atoms with Gasteiger partial charge in [0.15, 0.2) is 11.5 Å². The van der Waals surface area contributed by atoms with Gasteiger partial charge in [0.25, 0.3) is 0 Å². The maximum Gasteiger partial charge on any atom is 0.240 e. The third-order valence-corrected chi connectivity index (χ3v) is 6.03. The van der Waals surface area contributed by atoms with Crippen LogP contribution in [0.2, 0.25) is 0 Å². The van der Waals surface area contributed by atoms with Gasteiger partial charge in [0, 0.05) is 31.1 Å². The number of ether oxygens (including phenoxy) is 2. The van der Waals surface area contributed by atoms with Crippen LogP contribution in [0.15, 0.2) is 41.3 Å². The van der Waals surface area contributed by atoms with E-state index in [0.717, 1.165) is 23.2 Å². The average Bonchev–Trinajstić information content (AvgIpc) is 2.93. The first-order valence-electron chi connectivity index (χ1n) is 9.61. The average molecular weight is 419 g/mol. The molecular formula is C21H26N2O5S. The van der Waals surface area contributed by atoms with Crippen molar-refractivity contribution in [1.29, 1.82) is 0 Å². The highest BCUT2D eigenvalue weighted by molar-refractivity contribution is 7.89. The van der Waals surface area contributed by atoms with Crippen molar-refractivity contribution in [3.63, 3.8) is 0 Å². The molecule has 7 nitrogen and oxygen atoms in total. The van der Waals surface area contributed by atoms with Crippen LogP contribution in [-0.2, 0) is 14.8 Å². The SMILES string of the molecule is Cc1ccc(C)c(NC(=O)CCCNS(=O)(=O)c2ccc3c(c2)OCCCO3)c1. The summed E-state index contributed by atoms with van der Waals surface area (Å²) in [4.78, 5) is 12.3. The topological polar surface area (TPSA) is 93.7 Å². The molecule has 8 heteroatoms. The molecule has 2 aromatic rings. The monoisotopic (exact) mass is 418 g/mol. The van der Waals surface area contributed by atoms with Gasteiger partial charge in [-0.05, 0) is 49.6 Å². The van der Waals surface area contributed by atoms with Gasteiger partial charge in [0.05, 0.1) is 18.1 Å². The van der Waals surface area contributed by atoms with Crippen molar-refractivity contribution in [1.82, 2.24) is 4.72 Å². The molecule has 0 aliphatic carbocycles. The predicted octanol–water partition coefficient (Wildman–Crippen LogP) is 3.16. The van der Waals surface area contributed by atoms with Gasteiger partial charge in [-0.15, -0.1) is 0 Å². The molecule has 1 heterocycles. The van der Waals surface area contributed by atoms with E-state index in [1.54, 1.807) is 6.07 Å². The number of sulfonamides is 1. The molecule has 0 saturated carbocycles. The van der Waals surface area contributed by atoms with Gasteiger partial charge >= 0.3 is 0 Å². The highest BCUT2D eigenvalue weighted by Gasteiger charge is 2.18. The lowest BCUT2D eigenvalue weighted by Gasteiger charge is -2.11. The maximum atomic E-state index is 12.5. The standard InChI is InChI=1S/C21H26N2O5S/c1-15-6-7-16(2)18(13-15)23-21(24)5-3-10-22-29(25,26)17-8-9-19-20(14-17)28-12-4-11-27-19/h6-9,13-14,22H,3-5,10-12H2,1-2H3,(H,23,24). The Balaban J connectivity index is 1.51. The van der Waals surface area contributed by atoms with Gasteiger partial charge in [-0.2, -0.15) is 0 Å². The summed E-state index contributed by atoms with van der Waals surface area (Å²) >= 11 is 0. The molecule has 0 saturated heterocycles. The minimum absolute atomic E-state index is 0.113. The first-order chi connectivity index (χ1) is 13.8. The normalized spacial score (nSPS) is 13.6. The molecule has 29 heavy (non-hydrogen) atoms. The van der Waals surface area contributed by atoms with E-state index in [1.165, 1.54) is 12.1 Å². The van der Waals surface area contributed by atoms with Gasteiger partial charge in [-0.25, -0.2) is 13.1 Å². The Morgan fingerprint density at radius 2 is 1.79 bits per heavy atom. The Hall–Kier alpha value is -2.58. The number of amides is 1. The number of carbonyl (C=O) groups is 1. The first kappa shape index (κ1) is 21.1. The highest BCUT2D eigenvalue weighted by atomic mass is 32.2. The summed E-state index contributed by atoms with van der Waals surface area (Å²) in [7, 11) is -3.69. The lowest BCUT2D eigenvalue weighted by molar-refractivity contribution is -0.116. The summed E-state index contributed by atoms with van der Waals surface area (Å²) in [5, 5.41) is 2.87. The van der Waals surface area contributed by atoms with E-state index in [0.29, 0.717) is 31.1 Å². The van der Waals surface area contributed by atoms with E-state index in [-0.39, 0.29) is 23.8 Å². The van der Waals surface area contributed by atoms with E-state index >= 15 is 0 Å². The van der Waals surface area contributed by atoms with E-state index in [1.807, 2.05) is 32.0 Å². The molecular weight excluding hydrogens is 392 g/mol. The molecule has 0 aromatic heterocycles. The second-order valence-electron chi connectivity index (χ2n) is 7.03.